The molecular formula is C32H31F9N6. The predicted octanol–water partition coefficient (Wildman–Crippen LogP) is 8.56. The summed E-state index contributed by atoms with van der Waals surface area (Å²) >= 11 is 0. The van der Waals surface area contributed by atoms with Crippen molar-refractivity contribution in [3.05, 3.63) is 89.0 Å². The molecule has 0 N–H and O–H groups in total. The van der Waals surface area contributed by atoms with Crippen LogP contribution in [0.1, 0.15) is 54.5 Å². The average Bonchev–Trinajstić information content (AvgIpc) is 3.64. The third-order valence-electron chi connectivity index (χ3n) is 8.34. The molecule has 1 fully saturated rings. The number of aromatic nitrogens is 4. The Kier molecular flexibility index (Phi) is 9.21. The van der Waals surface area contributed by atoms with Crippen LogP contribution in [0.15, 0.2) is 61.2 Å². The molecule has 47 heavy (non-hydrogen) atoms. The first kappa shape index (κ1) is 34.0. The second-order valence-corrected chi connectivity index (χ2v) is 11.5. The molecule has 5 rings (SSSR count). The zero-order valence-electron chi connectivity index (χ0n) is 25.5. The van der Waals surface area contributed by atoms with Crippen molar-refractivity contribution in [3.8, 4) is 11.1 Å². The molecule has 0 spiro atoms. The second-order valence-electron chi connectivity index (χ2n) is 11.5. The normalized spacial score (nSPS) is 17.4. The van der Waals surface area contributed by atoms with Crippen LogP contribution < -0.4 is 9.80 Å². The minimum atomic E-state index is -5.03. The Balaban J connectivity index is 1.56. The van der Waals surface area contributed by atoms with Gasteiger partial charge >= 0.3 is 18.5 Å². The van der Waals surface area contributed by atoms with E-state index in [0.29, 0.717) is 53.8 Å². The van der Waals surface area contributed by atoms with Gasteiger partial charge in [-0.3, -0.25) is 4.68 Å². The molecule has 0 saturated carbocycles. The summed E-state index contributed by atoms with van der Waals surface area (Å²) in [6.07, 6.45) is -6.99. The van der Waals surface area contributed by atoms with Gasteiger partial charge in [0.2, 0.25) is 5.95 Å². The third kappa shape index (κ3) is 7.49. The third-order valence-corrected chi connectivity index (χ3v) is 8.34. The van der Waals surface area contributed by atoms with Crippen LogP contribution in [-0.4, -0.2) is 38.4 Å². The van der Waals surface area contributed by atoms with Crippen LogP contribution in [0.25, 0.3) is 11.1 Å². The fourth-order valence-corrected chi connectivity index (χ4v) is 5.98. The monoisotopic (exact) mass is 670 g/mol. The fraction of sp³-hybridized carbons (Fsp3) is 0.406. The second kappa shape index (κ2) is 12.7. The van der Waals surface area contributed by atoms with Crippen molar-refractivity contribution in [2.45, 2.75) is 70.3 Å². The number of anilines is 2. The Labute approximate surface area is 264 Å². The molecule has 0 radical (unpaired) electrons. The van der Waals surface area contributed by atoms with E-state index in [1.165, 1.54) is 18.5 Å². The van der Waals surface area contributed by atoms with Crippen molar-refractivity contribution < 1.29 is 39.5 Å². The molecule has 2 aromatic heterocycles. The highest BCUT2D eigenvalue weighted by atomic mass is 19.4. The van der Waals surface area contributed by atoms with Gasteiger partial charge in [0, 0.05) is 61.6 Å². The highest BCUT2D eigenvalue weighted by molar-refractivity contribution is 5.61. The van der Waals surface area contributed by atoms with E-state index in [1.807, 2.05) is 11.8 Å². The zero-order valence-corrected chi connectivity index (χ0v) is 25.5. The van der Waals surface area contributed by atoms with Gasteiger partial charge in [0.05, 0.1) is 28.9 Å². The van der Waals surface area contributed by atoms with E-state index in [9.17, 15) is 39.5 Å². The lowest BCUT2D eigenvalue weighted by Gasteiger charge is -2.31. The molecule has 1 saturated heterocycles. The van der Waals surface area contributed by atoms with E-state index in [-0.39, 0.29) is 36.7 Å². The van der Waals surface area contributed by atoms with E-state index in [4.69, 9.17) is 0 Å². The standard InChI is InChI=1S/C32H31F9N6/c1-4-20-10-23(30(33,34)35)6-7-28(20)46-18-27(12-26(46)5-2)47(29-42-13-21(14-43-29)22-15-44-45(3)17-22)16-19-8-24(31(36,37)38)11-25(9-19)32(39,40)41/h6-11,13-15,17,26-27H,4-5,12,16,18H2,1-3H3/t26?,27-/m0/s1. The number of hydrogen-bond donors (Lipinski definition) is 0. The number of alkyl halides is 9. The number of rotatable bonds is 8. The van der Waals surface area contributed by atoms with Crippen LogP contribution in [0.5, 0.6) is 0 Å². The Hall–Kier alpha value is -4.30. The summed E-state index contributed by atoms with van der Waals surface area (Å²) in [6.45, 7) is 3.47. The maximum atomic E-state index is 13.7. The minimum absolute atomic E-state index is 0.0773. The summed E-state index contributed by atoms with van der Waals surface area (Å²) in [6, 6.07) is 4.27. The quantitative estimate of drug-likeness (QED) is 0.176. The molecule has 0 bridgehead atoms. The van der Waals surface area contributed by atoms with E-state index in [2.05, 4.69) is 15.1 Å². The van der Waals surface area contributed by atoms with Gasteiger partial charge in [-0.15, -0.1) is 0 Å². The van der Waals surface area contributed by atoms with E-state index in [1.54, 1.807) is 35.9 Å². The molecule has 0 amide bonds. The first-order valence-corrected chi connectivity index (χ1v) is 14.8. The fourth-order valence-electron chi connectivity index (χ4n) is 5.98. The van der Waals surface area contributed by atoms with Crippen LogP contribution in [0, 0.1) is 0 Å². The summed E-state index contributed by atoms with van der Waals surface area (Å²) in [5.41, 5.74) is -1.56. The Morgan fingerprint density at radius 3 is 1.91 bits per heavy atom. The van der Waals surface area contributed by atoms with Gasteiger partial charge in [0.15, 0.2) is 0 Å². The zero-order chi connectivity index (χ0) is 34.3. The number of halogens is 9. The number of benzene rings is 2. The number of hydrogen-bond acceptors (Lipinski definition) is 5. The van der Waals surface area contributed by atoms with Crippen molar-refractivity contribution >= 4 is 11.6 Å². The van der Waals surface area contributed by atoms with E-state index >= 15 is 0 Å². The summed E-state index contributed by atoms with van der Waals surface area (Å²) < 4.78 is 124. The molecule has 4 aromatic rings. The summed E-state index contributed by atoms with van der Waals surface area (Å²) in [5.74, 6) is 0.0773. The highest BCUT2D eigenvalue weighted by Crippen LogP contribution is 2.40. The highest BCUT2D eigenvalue weighted by Gasteiger charge is 2.40. The maximum Gasteiger partial charge on any atom is 0.416 e. The molecule has 252 valence electrons. The van der Waals surface area contributed by atoms with Crippen molar-refractivity contribution in [3.63, 3.8) is 0 Å². The molecule has 1 aliphatic heterocycles. The molecule has 3 heterocycles. The minimum Gasteiger partial charge on any atom is -0.366 e. The molecule has 1 unspecified atom stereocenters. The Morgan fingerprint density at radius 1 is 0.787 bits per heavy atom. The Morgan fingerprint density at radius 2 is 1.40 bits per heavy atom. The maximum absolute atomic E-state index is 13.7. The van der Waals surface area contributed by atoms with Crippen LogP contribution in [-0.2, 0) is 38.5 Å². The molecule has 0 aliphatic carbocycles. The summed E-state index contributed by atoms with van der Waals surface area (Å²) in [7, 11) is 1.72. The van der Waals surface area contributed by atoms with E-state index < -0.39 is 41.3 Å². The van der Waals surface area contributed by atoms with Crippen molar-refractivity contribution in [1.29, 1.82) is 0 Å². The summed E-state index contributed by atoms with van der Waals surface area (Å²) in [5, 5.41) is 4.11. The lowest BCUT2D eigenvalue weighted by atomic mass is 10.0. The smallest absolute Gasteiger partial charge is 0.366 e. The van der Waals surface area contributed by atoms with Gasteiger partial charge in [-0.1, -0.05) is 13.8 Å². The predicted molar refractivity (Wildman–Crippen MR) is 158 cm³/mol. The van der Waals surface area contributed by atoms with Crippen LogP contribution >= 0.6 is 0 Å². The lowest BCUT2D eigenvalue weighted by molar-refractivity contribution is -0.143. The van der Waals surface area contributed by atoms with Gasteiger partial charge in [-0.05, 0) is 66.8 Å². The largest absolute Gasteiger partial charge is 0.416 e. The van der Waals surface area contributed by atoms with Crippen molar-refractivity contribution in [1.82, 2.24) is 19.7 Å². The van der Waals surface area contributed by atoms with Gasteiger partial charge < -0.3 is 9.80 Å². The van der Waals surface area contributed by atoms with Gasteiger partial charge in [-0.25, -0.2) is 9.97 Å². The topological polar surface area (TPSA) is 50.1 Å². The van der Waals surface area contributed by atoms with Crippen LogP contribution in [0.4, 0.5) is 51.1 Å². The molecule has 6 nitrogen and oxygen atoms in total. The molecular weight excluding hydrogens is 639 g/mol. The van der Waals surface area contributed by atoms with Gasteiger partial charge in [0.25, 0.3) is 0 Å². The average molecular weight is 671 g/mol. The lowest BCUT2D eigenvalue weighted by Crippen LogP contribution is -2.38. The van der Waals surface area contributed by atoms with Gasteiger partial charge in [0.1, 0.15) is 0 Å². The molecule has 15 heteroatoms. The van der Waals surface area contributed by atoms with Gasteiger partial charge in [-0.2, -0.15) is 44.6 Å². The summed E-state index contributed by atoms with van der Waals surface area (Å²) in [4.78, 5) is 12.4. The van der Waals surface area contributed by atoms with Crippen LogP contribution in [0.2, 0.25) is 0 Å². The van der Waals surface area contributed by atoms with Crippen molar-refractivity contribution in [2.75, 3.05) is 16.3 Å². The molecule has 2 atom stereocenters. The first-order valence-electron chi connectivity index (χ1n) is 14.8. The van der Waals surface area contributed by atoms with E-state index in [0.717, 1.165) is 12.1 Å². The van der Waals surface area contributed by atoms with Crippen molar-refractivity contribution in [2.24, 2.45) is 7.05 Å². The molecule has 1 aliphatic rings. The van der Waals surface area contributed by atoms with Crippen LogP contribution in [0.3, 0.4) is 0 Å². The first-order chi connectivity index (χ1) is 22.0. The number of nitrogens with zero attached hydrogens (tertiary/aromatic N) is 6. The molecule has 2 aromatic carbocycles. The number of aryl methyl sites for hydroxylation is 2. The SMILES string of the molecule is CCc1cc(C(F)(F)F)ccc1N1C[C@@H](N(Cc2cc(C(F)(F)F)cc(C(F)(F)F)c2)c2ncc(-c3cnn(C)c3)cn2)CC1CC. The Bertz CT molecular complexity index is 1660.